The molecule has 0 bridgehead atoms. The fraction of sp³-hybridized carbons (Fsp3) is 0. The summed E-state index contributed by atoms with van der Waals surface area (Å²) in [6.45, 7) is 0. The molecule has 33 heavy (non-hydrogen) atoms. The van der Waals surface area contributed by atoms with Crippen molar-refractivity contribution in [3.05, 3.63) is 108 Å². The first kappa shape index (κ1) is 21.3. The zero-order chi connectivity index (χ0) is 23.0. The fourth-order valence-corrected chi connectivity index (χ4v) is 2.87. The first-order valence-electron chi connectivity index (χ1n) is 10.00. The molecule has 0 saturated heterocycles. The predicted octanol–water partition coefficient (Wildman–Crippen LogP) is 4.00. The SMILES string of the molecule is N=C(Nc1ccc(C(=O)Nc2ccc(NC(=N)c3ccccn3)cn2)cc1)c1ccccn1. The molecule has 3 heterocycles. The molecule has 0 aliphatic rings. The lowest BCUT2D eigenvalue weighted by Crippen LogP contribution is -2.15. The van der Waals surface area contributed by atoms with Crippen LogP contribution in [0.1, 0.15) is 21.7 Å². The molecule has 0 saturated carbocycles. The standard InChI is InChI=1S/C24H20N8O/c25-22(19-5-1-3-13-27-19)30-17-9-7-16(8-10-17)24(33)32-21-12-11-18(15-29-21)31-23(26)20-6-2-4-14-28-20/h1-15H,(H2,25,30)(H2,26,31)(H,29,32,33). The summed E-state index contributed by atoms with van der Waals surface area (Å²) >= 11 is 0. The number of nitrogens with zero attached hydrogens (tertiary/aromatic N) is 3. The maximum absolute atomic E-state index is 12.5. The number of pyridine rings is 3. The van der Waals surface area contributed by atoms with Crippen LogP contribution >= 0.6 is 0 Å². The van der Waals surface area contributed by atoms with E-state index < -0.39 is 0 Å². The van der Waals surface area contributed by atoms with Gasteiger partial charge in [-0.3, -0.25) is 25.6 Å². The summed E-state index contributed by atoms with van der Waals surface area (Å²) < 4.78 is 0. The Labute approximate surface area is 190 Å². The van der Waals surface area contributed by atoms with E-state index in [9.17, 15) is 4.79 Å². The highest BCUT2D eigenvalue weighted by atomic mass is 16.1. The number of carbonyl (C=O) groups excluding carboxylic acids is 1. The third-order valence-electron chi connectivity index (χ3n) is 4.53. The Bertz CT molecular complexity index is 1260. The molecule has 0 spiro atoms. The van der Waals surface area contributed by atoms with Gasteiger partial charge in [-0.2, -0.15) is 0 Å². The number of aromatic nitrogens is 3. The van der Waals surface area contributed by atoms with E-state index in [1.54, 1.807) is 73.1 Å². The first-order valence-corrected chi connectivity index (χ1v) is 10.00. The van der Waals surface area contributed by atoms with E-state index in [4.69, 9.17) is 10.8 Å². The second-order valence-corrected chi connectivity index (χ2v) is 6.89. The molecule has 9 heteroatoms. The largest absolute Gasteiger partial charge is 0.339 e. The Morgan fingerprint density at radius 2 is 1.21 bits per heavy atom. The van der Waals surface area contributed by atoms with Crippen LogP contribution in [0.5, 0.6) is 0 Å². The molecule has 0 atom stereocenters. The number of amidine groups is 2. The topological polar surface area (TPSA) is 140 Å². The Morgan fingerprint density at radius 1 is 0.636 bits per heavy atom. The van der Waals surface area contributed by atoms with Gasteiger partial charge in [0.2, 0.25) is 0 Å². The molecule has 1 amide bonds. The minimum absolute atomic E-state index is 0.152. The predicted molar refractivity (Wildman–Crippen MR) is 128 cm³/mol. The van der Waals surface area contributed by atoms with Crippen molar-refractivity contribution >= 4 is 34.8 Å². The highest BCUT2D eigenvalue weighted by molar-refractivity contribution is 6.07. The Hall–Kier alpha value is -4.92. The summed E-state index contributed by atoms with van der Waals surface area (Å²) in [4.78, 5) is 25.0. The highest BCUT2D eigenvalue weighted by Crippen LogP contribution is 2.14. The smallest absolute Gasteiger partial charge is 0.256 e. The van der Waals surface area contributed by atoms with Gasteiger partial charge in [0.25, 0.3) is 5.91 Å². The van der Waals surface area contributed by atoms with E-state index >= 15 is 0 Å². The van der Waals surface area contributed by atoms with Crippen molar-refractivity contribution in [2.45, 2.75) is 0 Å². The second-order valence-electron chi connectivity index (χ2n) is 6.89. The van der Waals surface area contributed by atoms with Gasteiger partial charge >= 0.3 is 0 Å². The number of rotatable bonds is 6. The molecule has 5 N–H and O–H groups in total. The lowest BCUT2D eigenvalue weighted by atomic mass is 10.2. The monoisotopic (exact) mass is 436 g/mol. The second kappa shape index (κ2) is 9.92. The zero-order valence-electron chi connectivity index (χ0n) is 17.4. The number of hydrogen-bond donors (Lipinski definition) is 5. The minimum atomic E-state index is -0.309. The average molecular weight is 436 g/mol. The summed E-state index contributed by atoms with van der Waals surface area (Å²) in [5.74, 6) is 0.394. The van der Waals surface area contributed by atoms with Crippen LogP contribution in [0.4, 0.5) is 17.2 Å². The molecule has 0 aliphatic carbocycles. The van der Waals surface area contributed by atoms with Gasteiger partial charge in [0.15, 0.2) is 0 Å². The maximum atomic E-state index is 12.5. The van der Waals surface area contributed by atoms with Crippen molar-refractivity contribution < 1.29 is 4.79 Å². The highest BCUT2D eigenvalue weighted by Gasteiger charge is 2.09. The maximum Gasteiger partial charge on any atom is 0.256 e. The number of amides is 1. The number of anilines is 3. The van der Waals surface area contributed by atoms with Crippen molar-refractivity contribution in [3.8, 4) is 0 Å². The molecule has 0 radical (unpaired) electrons. The summed E-state index contributed by atoms with van der Waals surface area (Å²) in [7, 11) is 0. The van der Waals surface area contributed by atoms with Crippen LogP contribution < -0.4 is 16.0 Å². The normalized spacial score (nSPS) is 10.2. The number of hydrogen-bond acceptors (Lipinski definition) is 6. The fourth-order valence-electron chi connectivity index (χ4n) is 2.87. The summed E-state index contributed by atoms with van der Waals surface area (Å²) in [5, 5.41) is 24.8. The molecule has 0 aliphatic heterocycles. The number of carbonyl (C=O) groups is 1. The Kier molecular flexibility index (Phi) is 6.41. The van der Waals surface area contributed by atoms with Crippen LogP contribution in [0.3, 0.4) is 0 Å². The van der Waals surface area contributed by atoms with Crippen molar-refractivity contribution in [3.63, 3.8) is 0 Å². The van der Waals surface area contributed by atoms with Gasteiger partial charge in [0, 0.05) is 23.6 Å². The molecular formula is C24H20N8O. The molecular weight excluding hydrogens is 416 g/mol. The lowest BCUT2D eigenvalue weighted by Gasteiger charge is -2.10. The van der Waals surface area contributed by atoms with Crippen LogP contribution in [-0.4, -0.2) is 32.5 Å². The first-order chi connectivity index (χ1) is 16.1. The van der Waals surface area contributed by atoms with E-state index in [0.717, 1.165) is 0 Å². The van der Waals surface area contributed by atoms with Crippen LogP contribution in [0.25, 0.3) is 0 Å². The summed E-state index contributed by atoms with van der Waals surface area (Å²) in [5.41, 5.74) is 2.77. The molecule has 4 aromatic rings. The number of benzene rings is 1. The van der Waals surface area contributed by atoms with Gasteiger partial charge in [-0.25, -0.2) is 4.98 Å². The lowest BCUT2D eigenvalue weighted by molar-refractivity contribution is 0.102. The summed E-state index contributed by atoms with van der Waals surface area (Å²) in [6, 6.07) is 20.8. The molecule has 9 nitrogen and oxygen atoms in total. The molecule has 162 valence electrons. The van der Waals surface area contributed by atoms with Gasteiger partial charge in [-0.15, -0.1) is 0 Å². The quantitative estimate of drug-likeness (QED) is 0.229. The van der Waals surface area contributed by atoms with Gasteiger partial charge in [0.05, 0.1) is 11.9 Å². The van der Waals surface area contributed by atoms with Gasteiger partial charge < -0.3 is 16.0 Å². The molecule has 1 aromatic carbocycles. The van der Waals surface area contributed by atoms with Crippen molar-refractivity contribution in [2.24, 2.45) is 0 Å². The van der Waals surface area contributed by atoms with Gasteiger partial charge in [-0.1, -0.05) is 12.1 Å². The van der Waals surface area contributed by atoms with Crippen LogP contribution in [0, 0.1) is 10.8 Å². The molecule has 0 fully saturated rings. The van der Waals surface area contributed by atoms with E-state index in [0.29, 0.717) is 34.1 Å². The molecule has 3 aromatic heterocycles. The van der Waals surface area contributed by atoms with Crippen molar-refractivity contribution in [2.75, 3.05) is 16.0 Å². The summed E-state index contributed by atoms with van der Waals surface area (Å²) in [6.07, 6.45) is 4.78. The van der Waals surface area contributed by atoms with E-state index in [2.05, 4.69) is 30.9 Å². The van der Waals surface area contributed by atoms with Crippen molar-refractivity contribution in [1.82, 2.24) is 15.0 Å². The van der Waals surface area contributed by atoms with Gasteiger partial charge in [-0.05, 0) is 60.7 Å². The van der Waals surface area contributed by atoms with E-state index in [-0.39, 0.29) is 17.6 Å². The van der Waals surface area contributed by atoms with E-state index in [1.165, 1.54) is 6.20 Å². The molecule has 0 unspecified atom stereocenters. The van der Waals surface area contributed by atoms with Gasteiger partial charge in [0.1, 0.15) is 28.9 Å². The average Bonchev–Trinajstić information content (AvgIpc) is 2.86. The zero-order valence-corrected chi connectivity index (χ0v) is 17.4. The minimum Gasteiger partial charge on any atom is -0.339 e. The number of nitrogens with one attached hydrogen (secondary N) is 5. The van der Waals surface area contributed by atoms with Crippen LogP contribution in [0.2, 0.25) is 0 Å². The van der Waals surface area contributed by atoms with Crippen molar-refractivity contribution in [1.29, 1.82) is 10.8 Å². The third-order valence-corrected chi connectivity index (χ3v) is 4.53. The Balaban J connectivity index is 1.33. The Morgan fingerprint density at radius 3 is 1.73 bits per heavy atom. The third kappa shape index (κ3) is 5.61. The van der Waals surface area contributed by atoms with Crippen LogP contribution in [-0.2, 0) is 0 Å². The molecule has 4 rings (SSSR count). The van der Waals surface area contributed by atoms with Crippen LogP contribution in [0.15, 0.2) is 91.4 Å². The van der Waals surface area contributed by atoms with E-state index in [1.807, 2.05) is 12.1 Å².